The molecule has 1 N–H and O–H groups in total. The number of nitrogens with one attached hydrogen (secondary N) is 1. The van der Waals surface area contributed by atoms with Crippen LogP contribution in [0.25, 0.3) is 44.0 Å². The van der Waals surface area contributed by atoms with Crippen LogP contribution in [0.5, 0.6) is 5.75 Å². The van der Waals surface area contributed by atoms with Crippen molar-refractivity contribution >= 4 is 43.3 Å². The molecule has 11 heteroatoms. The Bertz CT molecular complexity index is 2020. The van der Waals surface area contributed by atoms with Crippen LogP contribution in [0.1, 0.15) is 36.9 Å². The van der Waals surface area contributed by atoms with E-state index >= 15 is 0 Å². The van der Waals surface area contributed by atoms with Gasteiger partial charge in [-0.15, -0.1) is 0 Å². The van der Waals surface area contributed by atoms with Gasteiger partial charge in [-0.2, -0.15) is 13.7 Å². The van der Waals surface area contributed by atoms with Gasteiger partial charge in [-0.3, -0.25) is 9.78 Å². The van der Waals surface area contributed by atoms with Crippen LogP contribution in [-0.2, 0) is 10.5 Å². The third kappa shape index (κ3) is 4.22. The molecule has 0 atom stereocenters. The number of hydrogen-bond donors (Lipinski definition) is 1. The van der Waals surface area contributed by atoms with E-state index in [0.717, 1.165) is 35.8 Å². The second-order valence-electron chi connectivity index (χ2n) is 10.3. The normalized spacial score (nSPS) is 14.8. The molecule has 1 fully saturated rings. The summed E-state index contributed by atoms with van der Waals surface area (Å²) in [5.74, 6) is -0.249. The summed E-state index contributed by atoms with van der Waals surface area (Å²) in [4.78, 5) is 23.7. The first-order chi connectivity index (χ1) is 18.5. The van der Waals surface area contributed by atoms with Gasteiger partial charge in [-0.25, -0.2) is 0 Å². The minimum atomic E-state index is -5.22. The molecule has 0 spiro atoms. The molecule has 0 unspecified atom stereocenters. The van der Waals surface area contributed by atoms with Gasteiger partial charge in [-0.1, -0.05) is 23.8 Å². The quantitative estimate of drug-likeness (QED) is 0.316. The molecule has 0 aliphatic carbocycles. The minimum Gasteiger partial charge on any atom is -0.357 e. The second-order valence-corrected chi connectivity index (χ2v) is 11.2. The van der Waals surface area contributed by atoms with E-state index in [0.29, 0.717) is 38.6 Å². The van der Waals surface area contributed by atoms with Crippen molar-refractivity contribution in [3.63, 3.8) is 0 Å². The largest absolute Gasteiger partial charge is 0.488 e. The van der Waals surface area contributed by atoms with Gasteiger partial charge < -0.3 is 18.6 Å². The van der Waals surface area contributed by atoms with Gasteiger partial charge in [0.05, 0.1) is 34.8 Å². The van der Waals surface area contributed by atoms with E-state index in [4.69, 9.17) is 0 Å². The number of pyridine rings is 2. The van der Waals surface area contributed by atoms with Crippen LogP contribution < -0.4 is 9.61 Å². The number of aromatic amines is 1. The first-order valence-corrected chi connectivity index (χ1v) is 13.7. The average molecular weight is 546 g/mol. The number of likely N-dealkylation sites (N-methyl/N-ethyl adjacent to an activating group) is 1. The van der Waals surface area contributed by atoms with E-state index in [2.05, 4.69) is 29.7 Å². The summed E-state index contributed by atoms with van der Waals surface area (Å²) in [6.45, 7) is 5.56. The van der Waals surface area contributed by atoms with Gasteiger partial charge in [-0.05, 0) is 54.4 Å². The van der Waals surface area contributed by atoms with Crippen molar-refractivity contribution in [2.75, 3.05) is 20.1 Å². The number of nitriles is 1. The van der Waals surface area contributed by atoms with Crippen molar-refractivity contribution in [1.29, 1.82) is 5.26 Å². The van der Waals surface area contributed by atoms with Crippen LogP contribution in [0.15, 0.2) is 53.6 Å². The predicted octanol–water partition coefficient (Wildman–Crippen LogP) is 4.77. The number of hydrogen-bond acceptors (Lipinski definition) is 7. The Morgan fingerprint density at radius 1 is 1.15 bits per heavy atom. The Hall–Kier alpha value is -4.27. The van der Waals surface area contributed by atoms with Crippen LogP contribution >= 0.6 is 0 Å². The van der Waals surface area contributed by atoms with Crippen molar-refractivity contribution in [2.24, 2.45) is 0 Å². The molecule has 3 aromatic heterocycles. The first-order valence-electron chi connectivity index (χ1n) is 12.4. The highest BCUT2D eigenvalue weighted by molar-refractivity contribution is 7.81. The lowest BCUT2D eigenvalue weighted by molar-refractivity contribution is 0.146. The number of H-pyrrole nitrogens is 1. The van der Waals surface area contributed by atoms with Gasteiger partial charge in [0.1, 0.15) is 5.65 Å². The van der Waals surface area contributed by atoms with Crippen molar-refractivity contribution in [3.8, 4) is 22.9 Å². The first kappa shape index (κ1) is 25.0. The molecule has 5 aromatic rings. The molecule has 2 aromatic carbocycles. The summed E-state index contributed by atoms with van der Waals surface area (Å²) >= 11 is 0. The molecule has 0 amide bonds. The maximum atomic E-state index is 14.0. The molecular weight excluding hydrogens is 521 g/mol. The smallest absolute Gasteiger partial charge is 0.357 e. The zero-order valence-electron chi connectivity index (χ0n) is 21.4. The molecule has 1 aliphatic rings. The Morgan fingerprint density at radius 2 is 1.92 bits per heavy atom. The average Bonchev–Trinajstić information content (AvgIpc) is 3.24. The van der Waals surface area contributed by atoms with Gasteiger partial charge in [0.2, 0.25) is 0 Å². The van der Waals surface area contributed by atoms with Gasteiger partial charge in [0, 0.05) is 41.1 Å². The van der Waals surface area contributed by atoms with Crippen LogP contribution in [-0.4, -0.2) is 48.0 Å². The van der Waals surface area contributed by atoms with E-state index in [9.17, 15) is 22.4 Å². The summed E-state index contributed by atoms with van der Waals surface area (Å²) in [6, 6.07) is 12.7. The lowest BCUT2D eigenvalue weighted by Gasteiger charge is -2.39. The summed E-state index contributed by atoms with van der Waals surface area (Å²) in [7, 11) is -3.19. The Morgan fingerprint density at radius 3 is 2.59 bits per heavy atom. The topological polar surface area (TPSA) is 121 Å². The molecule has 0 saturated carbocycles. The summed E-state index contributed by atoms with van der Waals surface area (Å²) < 4.78 is 42.0. The minimum absolute atomic E-state index is 0.00146. The van der Waals surface area contributed by atoms with Crippen LogP contribution in [0.3, 0.4) is 0 Å². The molecule has 1 saturated heterocycles. The Balaban J connectivity index is 1.70. The summed E-state index contributed by atoms with van der Waals surface area (Å²) in [6.07, 6.45) is 2.68. The Labute approximate surface area is 223 Å². The number of benzene rings is 2. The molecule has 0 radical (unpaired) electrons. The zero-order chi connectivity index (χ0) is 27.6. The van der Waals surface area contributed by atoms with E-state index in [1.54, 1.807) is 18.3 Å². The molecule has 9 nitrogen and oxygen atoms in total. The number of nitrogens with zero attached hydrogens (tertiary/aromatic N) is 4. The number of likely N-dealkylation sites (tertiary alicyclic amines) is 1. The maximum Gasteiger partial charge on any atom is 0.488 e. The van der Waals surface area contributed by atoms with Crippen molar-refractivity contribution in [1.82, 2.24) is 19.4 Å². The third-order valence-electron chi connectivity index (χ3n) is 7.30. The van der Waals surface area contributed by atoms with Crippen LogP contribution in [0, 0.1) is 11.3 Å². The van der Waals surface area contributed by atoms with Gasteiger partial charge in [0.25, 0.3) is 0 Å². The zero-order valence-corrected chi connectivity index (χ0v) is 22.2. The van der Waals surface area contributed by atoms with Crippen LogP contribution in [0.4, 0.5) is 3.89 Å². The number of halogens is 1. The highest BCUT2D eigenvalue weighted by atomic mass is 32.3. The van der Waals surface area contributed by atoms with E-state index in [1.807, 2.05) is 39.1 Å². The number of fused-ring (bicyclic) bond motifs is 4. The number of rotatable bonds is 5. The highest BCUT2D eigenvalue weighted by Gasteiger charge is 2.30. The van der Waals surface area contributed by atoms with Gasteiger partial charge in [0.15, 0.2) is 11.2 Å². The molecule has 0 bridgehead atoms. The van der Waals surface area contributed by atoms with Crippen molar-refractivity contribution in [3.05, 3.63) is 70.1 Å². The molecule has 39 heavy (non-hydrogen) atoms. The molecule has 198 valence electrons. The molecule has 6 rings (SSSR count). The van der Waals surface area contributed by atoms with E-state index in [1.165, 1.54) is 6.07 Å². The molecule has 4 heterocycles. The van der Waals surface area contributed by atoms with E-state index in [-0.39, 0.29) is 23.1 Å². The van der Waals surface area contributed by atoms with Crippen molar-refractivity contribution in [2.45, 2.75) is 25.8 Å². The van der Waals surface area contributed by atoms with Crippen molar-refractivity contribution < 1.29 is 16.5 Å². The summed E-state index contributed by atoms with van der Waals surface area (Å²) in [5.41, 5.74) is 4.59. The van der Waals surface area contributed by atoms with Crippen LogP contribution in [0.2, 0.25) is 0 Å². The molecule has 1 aliphatic heterocycles. The predicted molar refractivity (Wildman–Crippen MR) is 147 cm³/mol. The standard InChI is InChI=1S/C28H24FN5O4S/c1-15(2)21-8-23-25(9-22(21)17-7-19(12-31-11-17)38-39(29,36)37)34(18-13-33(3)14-18)28-26(27(23)35)20-5-4-16(10-30)6-24(20)32-28/h4-9,11-12,15,18,32H,13-14H2,1-3H3. The maximum absolute atomic E-state index is 14.0. The second kappa shape index (κ2) is 8.90. The molecular formula is C28H24FN5O4S. The van der Waals surface area contributed by atoms with Gasteiger partial charge >= 0.3 is 10.5 Å². The SMILES string of the molecule is CC(C)c1cc2c(=O)c3c4ccc(C#N)cc4[nH]c3n(C3CN(C)C3)c2cc1-c1cncc(OS(=O)(=O)F)c1. The number of aromatic nitrogens is 3. The lowest BCUT2D eigenvalue weighted by atomic mass is 9.90. The summed E-state index contributed by atoms with van der Waals surface area (Å²) in [5, 5.41) is 11.3. The fourth-order valence-electron chi connectivity index (χ4n) is 5.57. The van der Waals surface area contributed by atoms with E-state index < -0.39 is 10.5 Å². The third-order valence-corrected chi connectivity index (χ3v) is 7.69. The fourth-order valence-corrected chi connectivity index (χ4v) is 5.89. The Kier molecular flexibility index (Phi) is 5.71. The monoisotopic (exact) mass is 545 g/mol. The highest BCUT2D eigenvalue weighted by Crippen LogP contribution is 2.38. The fraction of sp³-hybridized carbons (Fsp3) is 0.250. The lowest BCUT2D eigenvalue weighted by Crippen LogP contribution is -2.45.